The highest BCUT2D eigenvalue weighted by molar-refractivity contribution is 5.15. The Morgan fingerprint density at radius 2 is 1.79 bits per heavy atom. The van der Waals surface area contributed by atoms with Gasteiger partial charge in [-0.2, -0.15) is 0 Å². The molecule has 0 saturated heterocycles. The van der Waals surface area contributed by atoms with Crippen molar-refractivity contribution in [1.29, 1.82) is 0 Å². The minimum Gasteiger partial charge on any atom is -0.390 e. The Bertz CT molecular complexity index is 269. The van der Waals surface area contributed by atoms with Crippen molar-refractivity contribution in [2.45, 2.75) is 25.0 Å². The molecule has 2 nitrogen and oxygen atoms in total. The molecule has 0 aliphatic carbocycles. The zero-order chi connectivity index (χ0) is 10.4. The molecule has 1 rings (SSSR count). The first kappa shape index (κ1) is 11.0. The number of aliphatic hydroxyl groups is 2. The molecule has 2 N–H and O–H groups in total. The van der Waals surface area contributed by atoms with Crippen LogP contribution in [0.2, 0.25) is 0 Å². The second-order valence-corrected chi connectivity index (χ2v) is 3.35. The normalized spacial score (nSPS) is 14.7. The lowest BCUT2D eigenvalue weighted by molar-refractivity contribution is 0.0222. The van der Waals surface area contributed by atoms with Crippen LogP contribution in [0.5, 0.6) is 0 Å². The van der Waals surface area contributed by atoms with E-state index in [1.807, 2.05) is 30.3 Å². The van der Waals surface area contributed by atoms with Gasteiger partial charge in [-0.15, -0.1) is 6.58 Å². The quantitative estimate of drug-likeness (QED) is 0.694. The fourth-order valence-corrected chi connectivity index (χ4v) is 1.32. The van der Waals surface area contributed by atoms with E-state index in [9.17, 15) is 10.2 Å². The van der Waals surface area contributed by atoms with Crippen LogP contribution in [0.25, 0.3) is 0 Å². The number of rotatable bonds is 5. The van der Waals surface area contributed by atoms with Crippen LogP contribution < -0.4 is 0 Å². The first-order valence-corrected chi connectivity index (χ1v) is 4.75. The molecule has 2 heteroatoms. The zero-order valence-electron chi connectivity index (χ0n) is 8.13. The standard InChI is InChI=1S/C12H16O2/c1-2-6-11(13)12(14)9-10-7-4-3-5-8-10/h2-5,7-8,11-14H,1,6,9H2/t11-,12-/m1/s1. The second-order valence-electron chi connectivity index (χ2n) is 3.35. The van der Waals surface area contributed by atoms with Gasteiger partial charge in [-0.3, -0.25) is 0 Å². The Hall–Kier alpha value is -1.12. The third-order valence-corrected chi connectivity index (χ3v) is 2.14. The molecule has 0 spiro atoms. The molecule has 1 aromatic rings. The van der Waals surface area contributed by atoms with Crippen LogP contribution in [-0.2, 0) is 6.42 Å². The van der Waals surface area contributed by atoms with Gasteiger partial charge in [0.1, 0.15) is 0 Å². The SMILES string of the molecule is C=CC[C@@H](O)[C@H](O)Cc1ccccc1. The van der Waals surface area contributed by atoms with E-state index in [-0.39, 0.29) is 0 Å². The summed E-state index contributed by atoms with van der Waals surface area (Å²) in [5, 5.41) is 19.1. The van der Waals surface area contributed by atoms with Gasteiger partial charge in [0.2, 0.25) is 0 Å². The molecule has 1 aromatic carbocycles. The Balaban J connectivity index is 2.48. The van der Waals surface area contributed by atoms with Crippen molar-refractivity contribution >= 4 is 0 Å². The van der Waals surface area contributed by atoms with Crippen LogP contribution >= 0.6 is 0 Å². The molecule has 14 heavy (non-hydrogen) atoms. The van der Waals surface area contributed by atoms with Crippen molar-refractivity contribution in [3.63, 3.8) is 0 Å². The Labute approximate surface area is 84.5 Å². The van der Waals surface area contributed by atoms with Gasteiger partial charge in [-0.25, -0.2) is 0 Å². The smallest absolute Gasteiger partial charge is 0.0842 e. The monoisotopic (exact) mass is 192 g/mol. The van der Waals surface area contributed by atoms with Gasteiger partial charge in [0.25, 0.3) is 0 Å². The summed E-state index contributed by atoms with van der Waals surface area (Å²) in [7, 11) is 0. The lowest BCUT2D eigenvalue weighted by Crippen LogP contribution is -2.27. The van der Waals surface area contributed by atoms with Crippen LogP contribution in [0.15, 0.2) is 43.0 Å². The first-order chi connectivity index (χ1) is 6.74. The highest BCUT2D eigenvalue weighted by atomic mass is 16.3. The summed E-state index contributed by atoms with van der Waals surface area (Å²) in [5.74, 6) is 0. The van der Waals surface area contributed by atoms with E-state index in [1.54, 1.807) is 6.08 Å². The van der Waals surface area contributed by atoms with E-state index in [4.69, 9.17) is 0 Å². The molecule has 0 fully saturated rings. The third-order valence-electron chi connectivity index (χ3n) is 2.14. The fraction of sp³-hybridized carbons (Fsp3) is 0.333. The molecular weight excluding hydrogens is 176 g/mol. The summed E-state index contributed by atoms with van der Waals surface area (Å²) >= 11 is 0. The first-order valence-electron chi connectivity index (χ1n) is 4.75. The molecule has 0 amide bonds. The third kappa shape index (κ3) is 3.32. The molecule has 0 radical (unpaired) electrons. The summed E-state index contributed by atoms with van der Waals surface area (Å²) in [6.07, 6.45) is 1.09. The van der Waals surface area contributed by atoms with Gasteiger partial charge in [0.05, 0.1) is 12.2 Å². The molecular formula is C12H16O2. The summed E-state index contributed by atoms with van der Waals surface area (Å²) in [4.78, 5) is 0. The number of hydrogen-bond acceptors (Lipinski definition) is 2. The molecule has 0 bridgehead atoms. The molecule has 0 aliphatic rings. The van der Waals surface area contributed by atoms with Crippen LogP contribution in [-0.4, -0.2) is 22.4 Å². The minimum atomic E-state index is -0.715. The maximum atomic E-state index is 9.60. The van der Waals surface area contributed by atoms with Crippen LogP contribution in [0.3, 0.4) is 0 Å². The number of benzene rings is 1. The molecule has 0 aliphatic heterocycles. The van der Waals surface area contributed by atoms with Gasteiger partial charge >= 0.3 is 0 Å². The maximum Gasteiger partial charge on any atom is 0.0842 e. The van der Waals surface area contributed by atoms with Crippen molar-refractivity contribution < 1.29 is 10.2 Å². The second kappa shape index (κ2) is 5.58. The van der Waals surface area contributed by atoms with E-state index >= 15 is 0 Å². The summed E-state index contributed by atoms with van der Waals surface area (Å²) < 4.78 is 0. The van der Waals surface area contributed by atoms with Gasteiger partial charge < -0.3 is 10.2 Å². The summed E-state index contributed by atoms with van der Waals surface area (Å²) in [5.41, 5.74) is 1.03. The molecule has 0 aromatic heterocycles. The summed E-state index contributed by atoms with van der Waals surface area (Å²) in [6, 6.07) is 9.63. The van der Waals surface area contributed by atoms with Crippen molar-refractivity contribution in [1.82, 2.24) is 0 Å². The largest absolute Gasteiger partial charge is 0.390 e. The Kier molecular flexibility index (Phi) is 4.36. The van der Waals surface area contributed by atoms with Crippen molar-refractivity contribution in [2.75, 3.05) is 0 Å². The van der Waals surface area contributed by atoms with Crippen LogP contribution in [0.4, 0.5) is 0 Å². The topological polar surface area (TPSA) is 40.5 Å². The average molecular weight is 192 g/mol. The molecule has 2 atom stereocenters. The van der Waals surface area contributed by atoms with Crippen molar-refractivity contribution in [3.8, 4) is 0 Å². The van der Waals surface area contributed by atoms with Crippen molar-refractivity contribution in [3.05, 3.63) is 48.6 Å². The number of aliphatic hydroxyl groups excluding tert-OH is 2. The fourth-order valence-electron chi connectivity index (χ4n) is 1.32. The highest BCUT2D eigenvalue weighted by Crippen LogP contribution is 2.08. The zero-order valence-corrected chi connectivity index (χ0v) is 8.13. The van der Waals surface area contributed by atoms with Gasteiger partial charge in [0.15, 0.2) is 0 Å². The highest BCUT2D eigenvalue weighted by Gasteiger charge is 2.14. The minimum absolute atomic E-state index is 0.425. The van der Waals surface area contributed by atoms with Crippen LogP contribution in [0, 0.1) is 0 Å². The van der Waals surface area contributed by atoms with E-state index in [0.717, 1.165) is 5.56 Å². The van der Waals surface area contributed by atoms with E-state index in [2.05, 4.69) is 6.58 Å². The number of hydrogen-bond donors (Lipinski definition) is 2. The lowest BCUT2D eigenvalue weighted by atomic mass is 10.0. The Morgan fingerprint density at radius 1 is 1.14 bits per heavy atom. The lowest BCUT2D eigenvalue weighted by Gasteiger charge is -2.16. The Morgan fingerprint density at radius 3 is 2.36 bits per heavy atom. The predicted molar refractivity (Wildman–Crippen MR) is 57.0 cm³/mol. The van der Waals surface area contributed by atoms with E-state index in [1.165, 1.54) is 0 Å². The van der Waals surface area contributed by atoms with Gasteiger partial charge in [0, 0.05) is 6.42 Å². The van der Waals surface area contributed by atoms with E-state index in [0.29, 0.717) is 12.8 Å². The van der Waals surface area contributed by atoms with Crippen molar-refractivity contribution in [2.24, 2.45) is 0 Å². The van der Waals surface area contributed by atoms with Gasteiger partial charge in [-0.1, -0.05) is 36.4 Å². The molecule has 0 unspecified atom stereocenters. The predicted octanol–water partition coefficient (Wildman–Crippen LogP) is 1.53. The molecule has 0 saturated carbocycles. The summed E-state index contributed by atoms with van der Waals surface area (Å²) in [6.45, 7) is 3.52. The average Bonchev–Trinajstić information content (AvgIpc) is 2.19. The maximum absolute atomic E-state index is 9.60. The van der Waals surface area contributed by atoms with Gasteiger partial charge in [-0.05, 0) is 12.0 Å². The van der Waals surface area contributed by atoms with E-state index < -0.39 is 12.2 Å². The molecule has 76 valence electrons. The molecule has 0 heterocycles. The van der Waals surface area contributed by atoms with Crippen LogP contribution in [0.1, 0.15) is 12.0 Å².